The van der Waals surface area contributed by atoms with Crippen molar-refractivity contribution in [2.24, 2.45) is 0 Å². The second kappa shape index (κ2) is 4.60. The van der Waals surface area contributed by atoms with Crippen LogP contribution in [0.15, 0.2) is 12.3 Å². The Morgan fingerprint density at radius 2 is 2.06 bits per heavy atom. The van der Waals surface area contributed by atoms with Crippen molar-refractivity contribution in [3.8, 4) is 5.88 Å². The van der Waals surface area contributed by atoms with Gasteiger partial charge in [0.2, 0.25) is 5.88 Å². The van der Waals surface area contributed by atoms with Gasteiger partial charge in [0.1, 0.15) is 5.56 Å². The molecule has 0 aliphatic heterocycles. The van der Waals surface area contributed by atoms with Crippen molar-refractivity contribution in [3.05, 3.63) is 23.4 Å². The number of rotatable bonds is 3. The molecule has 0 saturated heterocycles. The van der Waals surface area contributed by atoms with Crippen LogP contribution < -0.4 is 4.74 Å². The lowest BCUT2D eigenvalue weighted by molar-refractivity contribution is -0.137. The number of aromatic nitrogens is 1. The number of pyridine rings is 1. The maximum Gasteiger partial charge on any atom is 0.417 e. The lowest BCUT2D eigenvalue weighted by Crippen LogP contribution is -2.14. The van der Waals surface area contributed by atoms with Crippen LogP contribution in [0.2, 0.25) is 0 Å². The molecule has 0 bridgehead atoms. The van der Waals surface area contributed by atoms with Gasteiger partial charge >= 0.3 is 12.1 Å². The standard InChI is InChI=1S/C10H10F3NO3/c1-5(2)17-8-7(9(15)16)3-6(4-14-8)10(11,12)13/h3-5H,1-2H3,(H,15,16). The molecule has 0 fully saturated rings. The minimum Gasteiger partial charge on any atom is -0.477 e. The molecule has 0 aromatic carbocycles. The zero-order valence-electron chi connectivity index (χ0n) is 9.08. The first kappa shape index (κ1) is 13.3. The molecule has 17 heavy (non-hydrogen) atoms. The average Bonchev–Trinajstić information content (AvgIpc) is 2.15. The van der Waals surface area contributed by atoms with E-state index < -0.39 is 23.3 Å². The third-order valence-corrected chi connectivity index (χ3v) is 1.76. The van der Waals surface area contributed by atoms with Gasteiger partial charge in [0.25, 0.3) is 0 Å². The Hall–Kier alpha value is -1.79. The van der Waals surface area contributed by atoms with E-state index in [4.69, 9.17) is 9.84 Å². The molecule has 0 unspecified atom stereocenters. The quantitative estimate of drug-likeness (QED) is 0.894. The summed E-state index contributed by atoms with van der Waals surface area (Å²) in [5, 5.41) is 8.78. The molecule has 0 spiro atoms. The van der Waals surface area contributed by atoms with Gasteiger partial charge in [0.05, 0.1) is 11.7 Å². The molecule has 4 nitrogen and oxygen atoms in total. The van der Waals surface area contributed by atoms with Crippen LogP contribution in [-0.4, -0.2) is 22.2 Å². The number of carboxylic acid groups (broad SMARTS) is 1. The molecule has 0 aliphatic rings. The fraction of sp³-hybridized carbons (Fsp3) is 0.400. The van der Waals surface area contributed by atoms with Crippen LogP contribution in [0, 0.1) is 0 Å². The van der Waals surface area contributed by atoms with Crippen LogP contribution >= 0.6 is 0 Å². The van der Waals surface area contributed by atoms with E-state index in [1.807, 2.05) is 0 Å². The predicted octanol–water partition coefficient (Wildman–Crippen LogP) is 2.59. The second-order valence-electron chi connectivity index (χ2n) is 3.55. The molecule has 1 aromatic rings. The highest BCUT2D eigenvalue weighted by Crippen LogP contribution is 2.31. The van der Waals surface area contributed by atoms with Crippen molar-refractivity contribution in [1.29, 1.82) is 0 Å². The van der Waals surface area contributed by atoms with Crippen molar-refractivity contribution in [2.45, 2.75) is 26.1 Å². The highest BCUT2D eigenvalue weighted by Gasteiger charge is 2.33. The van der Waals surface area contributed by atoms with Gasteiger partial charge < -0.3 is 9.84 Å². The Labute approximate surface area is 95.0 Å². The number of ether oxygens (including phenoxy) is 1. The van der Waals surface area contributed by atoms with Crippen LogP contribution in [-0.2, 0) is 6.18 Å². The van der Waals surface area contributed by atoms with Gasteiger partial charge in [-0.2, -0.15) is 13.2 Å². The number of halogens is 3. The number of aromatic carboxylic acids is 1. The summed E-state index contributed by atoms with van der Waals surface area (Å²) < 4.78 is 42.1. The van der Waals surface area contributed by atoms with Gasteiger partial charge in [0.15, 0.2) is 0 Å². The zero-order chi connectivity index (χ0) is 13.2. The molecule has 0 amide bonds. The maximum absolute atomic E-state index is 12.4. The summed E-state index contributed by atoms with van der Waals surface area (Å²) in [6.45, 7) is 3.23. The lowest BCUT2D eigenvalue weighted by Gasteiger charge is -2.13. The zero-order valence-corrected chi connectivity index (χ0v) is 9.08. The Morgan fingerprint density at radius 1 is 1.47 bits per heavy atom. The van der Waals surface area contributed by atoms with Gasteiger partial charge in [0, 0.05) is 6.20 Å². The van der Waals surface area contributed by atoms with Gasteiger partial charge in [-0.05, 0) is 19.9 Å². The number of hydrogen-bond acceptors (Lipinski definition) is 3. The fourth-order valence-corrected chi connectivity index (χ4v) is 1.08. The molecule has 1 aromatic heterocycles. The molecule has 7 heteroatoms. The van der Waals surface area contributed by atoms with E-state index >= 15 is 0 Å². The van der Waals surface area contributed by atoms with E-state index in [1.165, 1.54) is 0 Å². The summed E-state index contributed by atoms with van der Waals surface area (Å²) in [5.41, 5.74) is -1.72. The summed E-state index contributed by atoms with van der Waals surface area (Å²) in [6.07, 6.45) is -4.46. The van der Waals surface area contributed by atoms with E-state index in [0.29, 0.717) is 12.3 Å². The summed E-state index contributed by atoms with van der Waals surface area (Å²) in [7, 11) is 0. The van der Waals surface area contributed by atoms with E-state index in [0.717, 1.165) is 0 Å². The first-order valence-corrected chi connectivity index (χ1v) is 4.69. The Bertz CT molecular complexity index is 429. The SMILES string of the molecule is CC(C)Oc1ncc(C(F)(F)F)cc1C(=O)O. The molecular weight excluding hydrogens is 239 g/mol. The van der Waals surface area contributed by atoms with Crippen LogP contribution in [0.25, 0.3) is 0 Å². The molecular formula is C10H10F3NO3. The average molecular weight is 249 g/mol. The molecule has 94 valence electrons. The Balaban J connectivity index is 3.22. The van der Waals surface area contributed by atoms with Gasteiger partial charge in [-0.3, -0.25) is 0 Å². The topological polar surface area (TPSA) is 59.4 Å². The predicted molar refractivity (Wildman–Crippen MR) is 52.0 cm³/mol. The number of carbonyl (C=O) groups is 1. The van der Waals surface area contributed by atoms with Crippen molar-refractivity contribution in [3.63, 3.8) is 0 Å². The number of alkyl halides is 3. The highest BCUT2D eigenvalue weighted by molar-refractivity contribution is 5.90. The fourth-order valence-electron chi connectivity index (χ4n) is 1.08. The molecule has 0 atom stereocenters. The first-order valence-electron chi connectivity index (χ1n) is 4.69. The Morgan fingerprint density at radius 3 is 2.47 bits per heavy atom. The van der Waals surface area contributed by atoms with Crippen LogP contribution in [0.5, 0.6) is 5.88 Å². The highest BCUT2D eigenvalue weighted by atomic mass is 19.4. The maximum atomic E-state index is 12.4. The lowest BCUT2D eigenvalue weighted by atomic mass is 10.2. The van der Waals surface area contributed by atoms with E-state index in [9.17, 15) is 18.0 Å². The summed E-state index contributed by atoms with van der Waals surface area (Å²) in [5.74, 6) is -1.83. The van der Waals surface area contributed by atoms with Crippen molar-refractivity contribution in [1.82, 2.24) is 4.98 Å². The van der Waals surface area contributed by atoms with E-state index in [1.54, 1.807) is 13.8 Å². The summed E-state index contributed by atoms with van der Waals surface area (Å²) in [6, 6.07) is 0.507. The van der Waals surface area contributed by atoms with Crippen LogP contribution in [0.4, 0.5) is 13.2 Å². The molecule has 1 rings (SSSR count). The smallest absolute Gasteiger partial charge is 0.417 e. The number of carboxylic acids is 1. The summed E-state index contributed by atoms with van der Waals surface area (Å²) >= 11 is 0. The molecule has 1 N–H and O–H groups in total. The van der Waals surface area contributed by atoms with Crippen molar-refractivity contribution < 1.29 is 27.8 Å². The third kappa shape index (κ3) is 3.33. The van der Waals surface area contributed by atoms with Gasteiger partial charge in [-0.25, -0.2) is 9.78 Å². The van der Waals surface area contributed by atoms with E-state index in [2.05, 4.69) is 4.98 Å². The molecule has 0 radical (unpaired) electrons. The van der Waals surface area contributed by atoms with Crippen LogP contribution in [0.3, 0.4) is 0 Å². The number of nitrogens with zero attached hydrogens (tertiary/aromatic N) is 1. The normalized spacial score (nSPS) is 11.6. The minimum atomic E-state index is -4.63. The molecule has 0 saturated carbocycles. The van der Waals surface area contributed by atoms with Crippen molar-refractivity contribution >= 4 is 5.97 Å². The third-order valence-electron chi connectivity index (χ3n) is 1.76. The molecule has 0 aliphatic carbocycles. The summed E-state index contributed by atoms with van der Waals surface area (Å²) in [4.78, 5) is 14.2. The van der Waals surface area contributed by atoms with Gasteiger partial charge in [-0.15, -0.1) is 0 Å². The molecule has 1 heterocycles. The number of hydrogen-bond donors (Lipinski definition) is 1. The van der Waals surface area contributed by atoms with Crippen LogP contribution in [0.1, 0.15) is 29.8 Å². The Kier molecular flexibility index (Phi) is 3.59. The first-order chi connectivity index (χ1) is 7.71. The monoisotopic (exact) mass is 249 g/mol. The largest absolute Gasteiger partial charge is 0.477 e. The van der Waals surface area contributed by atoms with Crippen molar-refractivity contribution in [2.75, 3.05) is 0 Å². The second-order valence-corrected chi connectivity index (χ2v) is 3.55. The van der Waals surface area contributed by atoms with E-state index in [-0.39, 0.29) is 12.0 Å². The minimum absolute atomic E-state index is 0.319. The van der Waals surface area contributed by atoms with Gasteiger partial charge in [-0.1, -0.05) is 0 Å².